The van der Waals surface area contributed by atoms with Crippen molar-refractivity contribution in [2.45, 2.75) is 12.5 Å². The van der Waals surface area contributed by atoms with Gasteiger partial charge in [-0.2, -0.15) is 0 Å². The van der Waals surface area contributed by atoms with Crippen molar-refractivity contribution in [3.63, 3.8) is 0 Å². The van der Waals surface area contributed by atoms with E-state index in [0.29, 0.717) is 31.1 Å². The van der Waals surface area contributed by atoms with Crippen LogP contribution in [0, 0.1) is 0 Å². The molecule has 1 unspecified atom stereocenters. The standard InChI is InChI=1S/C23H23N5O2S/c29-21-15-20(26-9-11-27(12-10-26)23(30)22-25-8-13-31-22)16-28(21)19-3-1-2-18(14-19)17-4-6-24-7-5-17/h1-8,13-14,20H,9-12,15-16H2. The van der Waals surface area contributed by atoms with Gasteiger partial charge in [0, 0.05) is 74.8 Å². The number of hydrogen-bond acceptors (Lipinski definition) is 6. The van der Waals surface area contributed by atoms with E-state index < -0.39 is 0 Å². The minimum Gasteiger partial charge on any atom is -0.334 e. The number of carbonyl (C=O) groups is 2. The molecule has 0 N–H and O–H groups in total. The molecule has 4 heterocycles. The average Bonchev–Trinajstić information content (AvgIpc) is 3.50. The Morgan fingerprint density at radius 3 is 2.55 bits per heavy atom. The lowest BCUT2D eigenvalue weighted by molar-refractivity contribution is -0.117. The van der Waals surface area contributed by atoms with Gasteiger partial charge in [-0.05, 0) is 35.4 Å². The zero-order chi connectivity index (χ0) is 21.2. The first-order valence-electron chi connectivity index (χ1n) is 10.4. The Morgan fingerprint density at radius 1 is 1.00 bits per heavy atom. The number of carbonyl (C=O) groups excluding carboxylic acids is 2. The van der Waals surface area contributed by atoms with Crippen molar-refractivity contribution in [1.82, 2.24) is 19.8 Å². The summed E-state index contributed by atoms with van der Waals surface area (Å²) in [4.78, 5) is 39.6. The summed E-state index contributed by atoms with van der Waals surface area (Å²) in [5, 5.41) is 2.37. The number of pyridine rings is 1. The molecule has 0 bridgehead atoms. The first-order valence-corrected chi connectivity index (χ1v) is 11.3. The fourth-order valence-electron chi connectivity index (χ4n) is 4.34. The summed E-state index contributed by atoms with van der Waals surface area (Å²) in [6, 6.07) is 12.2. The predicted molar refractivity (Wildman–Crippen MR) is 120 cm³/mol. The maximum Gasteiger partial charge on any atom is 0.282 e. The van der Waals surface area contributed by atoms with Gasteiger partial charge in [0.05, 0.1) is 0 Å². The third-order valence-electron chi connectivity index (χ3n) is 6.01. The molecule has 0 spiro atoms. The molecule has 2 saturated heterocycles. The third-order valence-corrected chi connectivity index (χ3v) is 6.77. The largest absolute Gasteiger partial charge is 0.334 e. The predicted octanol–water partition coefficient (Wildman–Crippen LogP) is 2.77. The molecule has 3 aromatic rings. The molecule has 158 valence electrons. The second kappa shape index (κ2) is 8.56. The maximum atomic E-state index is 12.8. The molecule has 0 saturated carbocycles. The van der Waals surface area contributed by atoms with E-state index in [1.54, 1.807) is 18.6 Å². The van der Waals surface area contributed by atoms with Gasteiger partial charge < -0.3 is 9.80 Å². The molecule has 8 heteroatoms. The summed E-state index contributed by atoms with van der Waals surface area (Å²) in [5.74, 6) is 0.157. The van der Waals surface area contributed by atoms with E-state index in [2.05, 4.69) is 27.0 Å². The van der Waals surface area contributed by atoms with Crippen molar-refractivity contribution in [3.05, 3.63) is 65.4 Å². The Hall–Kier alpha value is -3.10. The third kappa shape index (κ3) is 4.08. The van der Waals surface area contributed by atoms with Gasteiger partial charge in [0.25, 0.3) is 5.91 Å². The van der Waals surface area contributed by atoms with Crippen molar-refractivity contribution in [2.24, 2.45) is 0 Å². The second-order valence-electron chi connectivity index (χ2n) is 7.81. The summed E-state index contributed by atoms with van der Waals surface area (Å²) in [6.07, 6.45) is 5.73. The van der Waals surface area contributed by atoms with Crippen molar-refractivity contribution in [1.29, 1.82) is 0 Å². The Kier molecular flexibility index (Phi) is 5.48. The van der Waals surface area contributed by atoms with Gasteiger partial charge in [0.1, 0.15) is 0 Å². The van der Waals surface area contributed by atoms with E-state index in [4.69, 9.17) is 0 Å². The highest BCUT2D eigenvalue weighted by atomic mass is 32.1. The summed E-state index contributed by atoms with van der Waals surface area (Å²) in [7, 11) is 0. The van der Waals surface area contributed by atoms with Gasteiger partial charge in [-0.25, -0.2) is 4.98 Å². The quantitative estimate of drug-likeness (QED) is 0.633. The van der Waals surface area contributed by atoms with Crippen LogP contribution in [0.4, 0.5) is 5.69 Å². The van der Waals surface area contributed by atoms with Crippen LogP contribution >= 0.6 is 11.3 Å². The summed E-state index contributed by atoms with van der Waals surface area (Å²) in [5.41, 5.74) is 3.09. The van der Waals surface area contributed by atoms with E-state index in [1.165, 1.54) is 11.3 Å². The molecule has 1 aromatic carbocycles. The van der Waals surface area contributed by atoms with E-state index >= 15 is 0 Å². The number of thiazole rings is 1. The van der Waals surface area contributed by atoms with Crippen LogP contribution in [0.15, 0.2) is 60.4 Å². The Morgan fingerprint density at radius 2 is 1.81 bits per heavy atom. The number of hydrogen-bond donors (Lipinski definition) is 0. The first kappa shape index (κ1) is 19.8. The molecule has 7 nitrogen and oxygen atoms in total. The fourth-order valence-corrected chi connectivity index (χ4v) is 4.94. The number of aromatic nitrogens is 2. The number of amides is 2. The lowest BCUT2D eigenvalue weighted by Crippen LogP contribution is -2.52. The number of rotatable bonds is 4. The number of anilines is 1. The van der Waals surface area contributed by atoms with E-state index in [1.807, 2.05) is 39.4 Å². The van der Waals surface area contributed by atoms with Gasteiger partial charge in [0.2, 0.25) is 5.91 Å². The number of piperazine rings is 1. The van der Waals surface area contributed by atoms with Crippen LogP contribution in [0.1, 0.15) is 16.2 Å². The van der Waals surface area contributed by atoms with Crippen LogP contribution in [-0.4, -0.2) is 70.3 Å². The second-order valence-corrected chi connectivity index (χ2v) is 8.71. The lowest BCUT2D eigenvalue weighted by Gasteiger charge is -2.37. The minimum absolute atomic E-state index is 0.00621. The average molecular weight is 434 g/mol. The molecule has 2 aromatic heterocycles. The molecule has 2 amide bonds. The zero-order valence-corrected chi connectivity index (χ0v) is 17.9. The molecule has 2 aliphatic heterocycles. The van der Waals surface area contributed by atoms with Crippen LogP contribution in [0.3, 0.4) is 0 Å². The minimum atomic E-state index is 0.00621. The van der Waals surface area contributed by atoms with Crippen molar-refractivity contribution in [3.8, 4) is 11.1 Å². The monoisotopic (exact) mass is 433 g/mol. The number of benzene rings is 1. The molecule has 0 radical (unpaired) electrons. The highest BCUT2D eigenvalue weighted by Gasteiger charge is 2.36. The maximum absolute atomic E-state index is 12.8. The SMILES string of the molecule is O=C(c1nccs1)N1CCN(C2CC(=O)N(c3cccc(-c4ccncc4)c3)C2)CC1. The van der Waals surface area contributed by atoms with E-state index in [0.717, 1.165) is 29.9 Å². The smallest absolute Gasteiger partial charge is 0.282 e. The van der Waals surface area contributed by atoms with Crippen LogP contribution in [0.2, 0.25) is 0 Å². The lowest BCUT2D eigenvalue weighted by atomic mass is 10.1. The fraction of sp³-hybridized carbons (Fsp3) is 0.304. The van der Waals surface area contributed by atoms with Crippen molar-refractivity contribution >= 4 is 28.8 Å². The van der Waals surface area contributed by atoms with Crippen LogP contribution in [-0.2, 0) is 4.79 Å². The molecule has 2 aliphatic rings. The van der Waals surface area contributed by atoms with Crippen molar-refractivity contribution in [2.75, 3.05) is 37.6 Å². The molecule has 5 rings (SSSR count). The first-order chi connectivity index (χ1) is 15.2. The molecule has 1 atom stereocenters. The molecular weight excluding hydrogens is 410 g/mol. The molecule has 0 aliphatic carbocycles. The van der Waals surface area contributed by atoms with E-state index in [9.17, 15) is 9.59 Å². The molecular formula is C23H23N5O2S. The zero-order valence-electron chi connectivity index (χ0n) is 17.1. The normalized spacial score (nSPS) is 19.7. The van der Waals surface area contributed by atoms with Crippen LogP contribution < -0.4 is 4.90 Å². The van der Waals surface area contributed by atoms with Gasteiger partial charge in [-0.15, -0.1) is 11.3 Å². The van der Waals surface area contributed by atoms with Crippen LogP contribution in [0.5, 0.6) is 0 Å². The van der Waals surface area contributed by atoms with E-state index in [-0.39, 0.29) is 17.9 Å². The van der Waals surface area contributed by atoms with Gasteiger partial charge in [-0.1, -0.05) is 12.1 Å². The summed E-state index contributed by atoms with van der Waals surface area (Å²) in [6.45, 7) is 3.57. The Balaban J connectivity index is 1.24. The number of nitrogens with zero attached hydrogens (tertiary/aromatic N) is 5. The van der Waals surface area contributed by atoms with Crippen molar-refractivity contribution < 1.29 is 9.59 Å². The van der Waals surface area contributed by atoms with Gasteiger partial charge in [-0.3, -0.25) is 19.5 Å². The topological polar surface area (TPSA) is 69.6 Å². The highest BCUT2D eigenvalue weighted by Crippen LogP contribution is 2.29. The van der Waals surface area contributed by atoms with Gasteiger partial charge >= 0.3 is 0 Å². The summed E-state index contributed by atoms with van der Waals surface area (Å²) >= 11 is 1.38. The highest BCUT2D eigenvalue weighted by molar-refractivity contribution is 7.11. The Bertz CT molecular complexity index is 1060. The Labute approximate surface area is 185 Å². The molecule has 31 heavy (non-hydrogen) atoms. The summed E-state index contributed by atoms with van der Waals surface area (Å²) < 4.78 is 0. The van der Waals surface area contributed by atoms with Crippen LogP contribution in [0.25, 0.3) is 11.1 Å². The van der Waals surface area contributed by atoms with Gasteiger partial charge in [0.15, 0.2) is 5.01 Å². The molecule has 2 fully saturated rings.